The van der Waals surface area contributed by atoms with Crippen molar-refractivity contribution in [3.63, 3.8) is 0 Å². The summed E-state index contributed by atoms with van der Waals surface area (Å²) in [5.41, 5.74) is 4.47. The number of amides is 1. The summed E-state index contributed by atoms with van der Waals surface area (Å²) in [7, 11) is -2.44. The topological polar surface area (TPSA) is 100 Å². The number of carbonyl (C=O) groups excluding carboxylic acids is 2. The van der Waals surface area contributed by atoms with E-state index in [1.54, 1.807) is 29.5 Å². The van der Waals surface area contributed by atoms with Crippen molar-refractivity contribution in [1.29, 1.82) is 0 Å². The normalized spacial score (nSPS) is 18.0. The fraction of sp³-hybridized carbons (Fsp3) is 0.346. The zero-order valence-electron chi connectivity index (χ0n) is 20.0. The number of benzene rings is 2. The second kappa shape index (κ2) is 8.82. The average Bonchev–Trinajstić information content (AvgIpc) is 3.16. The van der Waals surface area contributed by atoms with Gasteiger partial charge in [0.05, 0.1) is 23.7 Å². The number of aromatic nitrogens is 1. The zero-order valence-corrected chi connectivity index (χ0v) is 20.9. The number of esters is 1. The first kappa shape index (κ1) is 23.6. The highest BCUT2D eigenvalue weighted by Crippen LogP contribution is 2.29. The fourth-order valence-corrected chi connectivity index (χ4v) is 5.51. The van der Waals surface area contributed by atoms with Crippen molar-refractivity contribution in [3.8, 4) is 0 Å². The quantitative estimate of drug-likeness (QED) is 0.414. The molecule has 0 radical (unpaired) electrons. The number of pyridine rings is 1. The van der Waals surface area contributed by atoms with E-state index in [1.807, 2.05) is 42.2 Å². The molecule has 0 spiro atoms. The molecule has 3 heterocycles. The second-order valence-corrected chi connectivity index (χ2v) is 12.8. The van der Waals surface area contributed by atoms with Gasteiger partial charge >= 0.3 is 5.97 Å². The van der Waals surface area contributed by atoms with E-state index < -0.39 is 16.0 Å². The molecule has 0 bridgehead atoms. The fourth-order valence-electron chi connectivity index (χ4n) is 4.73. The number of aliphatic hydroxyl groups is 1. The van der Waals surface area contributed by atoms with E-state index >= 15 is 0 Å². The number of aliphatic hydroxyl groups excluding tert-OH is 1. The number of anilines is 1. The summed E-state index contributed by atoms with van der Waals surface area (Å²) in [6.07, 6.45) is 2.63. The molecular formula is C26H29N3O5S. The summed E-state index contributed by atoms with van der Waals surface area (Å²) in [6, 6.07) is 13.0. The van der Waals surface area contributed by atoms with Crippen LogP contribution in [0.25, 0.3) is 10.9 Å². The van der Waals surface area contributed by atoms with E-state index in [0.29, 0.717) is 30.2 Å². The summed E-state index contributed by atoms with van der Waals surface area (Å²) in [4.78, 5) is 33.0. The van der Waals surface area contributed by atoms with Gasteiger partial charge in [-0.2, -0.15) is 0 Å². The lowest BCUT2D eigenvalue weighted by Gasteiger charge is -2.35. The molecule has 1 saturated heterocycles. The predicted octanol–water partition coefficient (Wildman–Crippen LogP) is 2.23. The van der Waals surface area contributed by atoms with Crippen LogP contribution >= 0.6 is 0 Å². The molecular weight excluding hydrogens is 466 g/mol. The van der Waals surface area contributed by atoms with Gasteiger partial charge in [-0.1, -0.05) is 16.0 Å². The molecule has 1 amide bonds. The Morgan fingerprint density at radius 2 is 1.91 bits per heavy atom. The predicted molar refractivity (Wildman–Crippen MR) is 135 cm³/mol. The first-order chi connectivity index (χ1) is 16.6. The van der Waals surface area contributed by atoms with Gasteiger partial charge in [-0.15, -0.1) is 0 Å². The monoisotopic (exact) mass is 495 g/mol. The maximum atomic E-state index is 13.0. The molecule has 184 valence electrons. The van der Waals surface area contributed by atoms with E-state index in [4.69, 9.17) is 4.74 Å². The number of aryl methyl sites for hydroxylation is 1. The lowest BCUT2D eigenvalue weighted by molar-refractivity contribution is -0.121. The summed E-state index contributed by atoms with van der Waals surface area (Å²) >= 11 is 0. The molecule has 2 aromatic carbocycles. The number of ether oxygens (including phenoxy) is 1. The van der Waals surface area contributed by atoms with E-state index in [1.165, 1.54) is 0 Å². The number of carbonyl (C=O) groups is 2. The second-order valence-electron chi connectivity index (χ2n) is 9.64. The Morgan fingerprint density at radius 3 is 2.66 bits per heavy atom. The minimum atomic E-state index is -2.44. The van der Waals surface area contributed by atoms with Crippen LogP contribution in [0.1, 0.15) is 33.2 Å². The summed E-state index contributed by atoms with van der Waals surface area (Å²) in [5.74, 6) is -0.366. The van der Waals surface area contributed by atoms with Crippen LogP contribution in [-0.4, -0.2) is 69.8 Å². The van der Waals surface area contributed by atoms with Crippen LogP contribution in [0.4, 0.5) is 5.69 Å². The molecule has 1 unspecified atom stereocenters. The van der Waals surface area contributed by atoms with E-state index in [0.717, 1.165) is 33.3 Å². The van der Waals surface area contributed by atoms with Crippen molar-refractivity contribution in [3.05, 3.63) is 64.7 Å². The van der Waals surface area contributed by atoms with Gasteiger partial charge in [0.25, 0.3) is 0 Å². The number of cyclic esters (lactones) is 1. The van der Waals surface area contributed by atoms with Gasteiger partial charge in [0.2, 0.25) is 5.91 Å². The molecule has 2 aliphatic heterocycles. The Morgan fingerprint density at radius 1 is 1.11 bits per heavy atom. The van der Waals surface area contributed by atoms with Gasteiger partial charge in [-0.25, -0.2) is 9.78 Å². The molecule has 35 heavy (non-hydrogen) atoms. The molecule has 3 aromatic rings. The van der Waals surface area contributed by atoms with Crippen LogP contribution in [0.3, 0.4) is 0 Å². The molecule has 1 N–H and O–H groups in total. The number of β-amino-alcohol motifs (C(OH)–C–C–N with tert-alkyl or cyclic N) is 1. The summed E-state index contributed by atoms with van der Waals surface area (Å²) in [6.45, 7) is 3.75. The van der Waals surface area contributed by atoms with Crippen molar-refractivity contribution in [2.75, 3.05) is 43.6 Å². The average molecular weight is 496 g/mol. The molecule has 0 saturated carbocycles. The number of hydrogen-bond acceptors (Lipinski definition) is 7. The number of rotatable bonds is 5. The van der Waals surface area contributed by atoms with E-state index in [2.05, 4.69) is 4.98 Å². The third-order valence-electron chi connectivity index (χ3n) is 6.68. The van der Waals surface area contributed by atoms with Crippen molar-refractivity contribution in [1.82, 2.24) is 9.88 Å². The molecule has 1 aromatic heterocycles. The van der Waals surface area contributed by atoms with Gasteiger partial charge < -0.3 is 14.7 Å². The van der Waals surface area contributed by atoms with Gasteiger partial charge in [-0.05, 0) is 67.0 Å². The molecule has 1 atom stereocenters. The standard InChI is InChI=1S/C26H29N3O5S/c1-16-10-21-18(15-34-26(21)32)12-20(16)23(30)13-28-8-9-29(25(31)14-28)19-5-6-22-17(11-19)4-7-24(27-22)35(2,3)33/h4-7,10-12,23,30,35H,8-9,13-15H2,1-3H3. The number of nitrogens with zero attached hydrogens (tertiary/aromatic N) is 3. The molecule has 8 nitrogen and oxygen atoms in total. The van der Waals surface area contributed by atoms with Crippen molar-refractivity contribution in [2.24, 2.45) is 0 Å². The van der Waals surface area contributed by atoms with Crippen LogP contribution in [0.15, 0.2) is 47.5 Å². The number of piperazine rings is 1. The maximum absolute atomic E-state index is 13.0. The van der Waals surface area contributed by atoms with Gasteiger partial charge in [0.1, 0.15) is 11.6 Å². The third-order valence-corrected chi connectivity index (χ3v) is 8.03. The van der Waals surface area contributed by atoms with Crippen LogP contribution in [0.2, 0.25) is 0 Å². The first-order valence-corrected chi connectivity index (χ1v) is 14.2. The summed E-state index contributed by atoms with van der Waals surface area (Å²) in [5, 5.41) is 12.4. The van der Waals surface area contributed by atoms with E-state index in [-0.39, 0.29) is 25.0 Å². The van der Waals surface area contributed by atoms with E-state index in [9.17, 15) is 18.9 Å². The molecule has 2 aliphatic rings. The third kappa shape index (κ3) is 4.59. The number of thiol groups is 1. The number of hydrogen-bond donors (Lipinski definition) is 2. The lowest BCUT2D eigenvalue weighted by atomic mass is 9.96. The molecule has 0 aliphatic carbocycles. The highest BCUT2D eigenvalue weighted by molar-refractivity contribution is 8.01. The minimum Gasteiger partial charge on any atom is -0.457 e. The van der Waals surface area contributed by atoms with Crippen LogP contribution in [-0.2, 0) is 26.1 Å². The Hall–Kier alpha value is -3.14. The molecule has 9 heteroatoms. The molecule has 5 rings (SSSR count). The number of fused-ring (bicyclic) bond motifs is 2. The Bertz CT molecular complexity index is 1400. The highest BCUT2D eigenvalue weighted by Gasteiger charge is 2.29. The SMILES string of the molecule is Cc1cc2c(cc1C(O)CN1CCN(c3ccc4nc([SH](C)(C)=O)ccc4c3)C(=O)C1)COC2=O. The van der Waals surface area contributed by atoms with Crippen LogP contribution in [0.5, 0.6) is 0 Å². The highest BCUT2D eigenvalue weighted by atomic mass is 32.2. The van der Waals surface area contributed by atoms with Crippen LogP contribution < -0.4 is 4.90 Å². The Labute approximate surface area is 204 Å². The maximum Gasteiger partial charge on any atom is 0.338 e. The van der Waals surface area contributed by atoms with Gasteiger partial charge in [-0.3, -0.25) is 13.9 Å². The molecule has 1 fully saturated rings. The lowest BCUT2D eigenvalue weighted by Crippen LogP contribution is -2.51. The zero-order chi connectivity index (χ0) is 24.9. The van der Waals surface area contributed by atoms with Crippen molar-refractivity contribution < 1.29 is 23.6 Å². The summed E-state index contributed by atoms with van der Waals surface area (Å²) < 4.78 is 17.4. The Balaban J connectivity index is 1.27. The largest absolute Gasteiger partial charge is 0.457 e. The Kier molecular flexibility index (Phi) is 5.94. The first-order valence-electron chi connectivity index (χ1n) is 11.6. The van der Waals surface area contributed by atoms with Crippen molar-refractivity contribution >= 4 is 38.4 Å². The smallest absolute Gasteiger partial charge is 0.338 e. The van der Waals surface area contributed by atoms with Gasteiger partial charge in [0.15, 0.2) is 0 Å². The van der Waals surface area contributed by atoms with Crippen molar-refractivity contribution in [2.45, 2.75) is 24.7 Å². The van der Waals surface area contributed by atoms with Gasteiger partial charge in [0, 0.05) is 36.3 Å². The van der Waals surface area contributed by atoms with Crippen LogP contribution in [0, 0.1) is 6.92 Å². The minimum absolute atomic E-state index is 0.0383.